The van der Waals surface area contributed by atoms with Crippen LogP contribution in [0.5, 0.6) is 5.95 Å². The first-order valence-corrected chi connectivity index (χ1v) is 8.32. The maximum Gasteiger partial charge on any atom is 0.346 e. The molecule has 0 radical (unpaired) electrons. The predicted octanol–water partition coefficient (Wildman–Crippen LogP) is 2.54. The van der Waals surface area contributed by atoms with Gasteiger partial charge in [0.15, 0.2) is 0 Å². The second kappa shape index (κ2) is 9.41. The molecule has 1 aromatic heterocycles. The highest BCUT2D eigenvalue weighted by Gasteiger charge is 2.14. The largest absolute Gasteiger partial charge is 0.462 e. The van der Waals surface area contributed by atoms with Crippen LogP contribution < -0.4 is 21.4 Å². The zero-order valence-corrected chi connectivity index (χ0v) is 14.7. The normalized spacial score (nSPS) is 10.8. The lowest BCUT2D eigenvalue weighted by atomic mass is 10.1. The molecule has 0 unspecified atom stereocenters. The van der Waals surface area contributed by atoms with Crippen LogP contribution in [0, 0.1) is 0 Å². The standard InChI is InChI=1S/C17H21ClN2O5/c1-23-8-9-24-17-15(18)12-6-5-11(10-13(12)16(22)25-17)20-14(21)4-2-3-7-19/h5-6,10H,2-4,7-9,19H2,1H3,(H,20,21). The zero-order chi connectivity index (χ0) is 18.2. The quantitative estimate of drug-likeness (QED) is 0.659. The van der Waals surface area contributed by atoms with Gasteiger partial charge in [-0.15, -0.1) is 0 Å². The molecule has 0 aliphatic carbocycles. The lowest BCUT2D eigenvalue weighted by molar-refractivity contribution is -0.116. The summed E-state index contributed by atoms with van der Waals surface area (Å²) in [5.41, 5.74) is 5.31. The zero-order valence-electron chi connectivity index (χ0n) is 14.0. The first-order valence-electron chi connectivity index (χ1n) is 7.95. The third-order valence-corrected chi connectivity index (χ3v) is 3.86. The number of unbranched alkanes of at least 4 members (excludes halogenated alkanes) is 1. The smallest absolute Gasteiger partial charge is 0.346 e. The van der Waals surface area contributed by atoms with Crippen LogP contribution in [-0.2, 0) is 9.53 Å². The van der Waals surface area contributed by atoms with Gasteiger partial charge in [0.25, 0.3) is 0 Å². The summed E-state index contributed by atoms with van der Waals surface area (Å²) >= 11 is 6.24. The average molecular weight is 369 g/mol. The number of amides is 1. The van der Waals surface area contributed by atoms with Gasteiger partial charge >= 0.3 is 11.6 Å². The predicted molar refractivity (Wildman–Crippen MR) is 96.4 cm³/mol. The van der Waals surface area contributed by atoms with Gasteiger partial charge in [-0.25, -0.2) is 4.79 Å². The van der Waals surface area contributed by atoms with Gasteiger partial charge < -0.3 is 24.9 Å². The van der Waals surface area contributed by atoms with Gasteiger partial charge in [-0.05, 0) is 31.5 Å². The molecule has 25 heavy (non-hydrogen) atoms. The van der Waals surface area contributed by atoms with Crippen molar-refractivity contribution in [1.29, 1.82) is 0 Å². The molecule has 1 amide bonds. The first-order chi connectivity index (χ1) is 12.1. The Morgan fingerprint density at radius 3 is 2.80 bits per heavy atom. The number of nitrogens with one attached hydrogen (secondary N) is 1. The molecule has 0 atom stereocenters. The molecule has 0 aliphatic heterocycles. The number of nitrogens with two attached hydrogens (primary N) is 1. The summed E-state index contributed by atoms with van der Waals surface area (Å²) in [6.07, 6.45) is 1.87. The Balaban J connectivity index is 2.20. The Hall–Kier alpha value is -2.09. The Morgan fingerprint density at radius 2 is 2.08 bits per heavy atom. The highest BCUT2D eigenvalue weighted by Crippen LogP contribution is 2.31. The van der Waals surface area contributed by atoms with E-state index < -0.39 is 5.63 Å². The molecule has 0 spiro atoms. The summed E-state index contributed by atoms with van der Waals surface area (Å²) in [6.45, 7) is 1.10. The van der Waals surface area contributed by atoms with E-state index in [9.17, 15) is 9.59 Å². The average Bonchev–Trinajstić information content (AvgIpc) is 2.59. The minimum absolute atomic E-state index is 0.0465. The number of methoxy groups -OCH3 is 1. The SMILES string of the molecule is COCCOc1oc(=O)c2cc(NC(=O)CCCCN)ccc2c1Cl. The van der Waals surface area contributed by atoms with Crippen LogP contribution in [0.2, 0.25) is 5.02 Å². The van der Waals surface area contributed by atoms with Crippen LogP contribution in [0.4, 0.5) is 5.69 Å². The van der Waals surface area contributed by atoms with E-state index in [2.05, 4.69) is 5.32 Å². The first kappa shape index (κ1) is 19.2. The molecule has 8 heteroatoms. The summed E-state index contributed by atoms with van der Waals surface area (Å²) in [4.78, 5) is 24.0. The molecule has 0 aliphatic rings. The Bertz CT molecular complexity index is 790. The lowest BCUT2D eigenvalue weighted by Gasteiger charge is -2.09. The number of hydrogen-bond donors (Lipinski definition) is 2. The summed E-state index contributed by atoms with van der Waals surface area (Å²) in [5, 5.41) is 3.71. The fourth-order valence-corrected chi connectivity index (χ4v) is 2.50. The molecule has 1 aromatic carbocycles. The van der Waals surface area contributed by atoms with E-state index >= 15 is 0 Å². The van der Waals surface area contributed by atoms with Crippen molar-refractivity contribution in [2.45, 2.75) is 19.3 Å². The van der Waals surface area contributed by atoms with Gasteiger partial charge in [-0.3, -0.25) is 4.79 Å². The van der Waals surface area contributed by atoms with Crippen LogP contribution in [0.25, 0.3) is 10.8 Å². The summed E-state index contributed by atoms with van der Waals surface area (Å²) in [7, 11) is 1.54. The highest BCUT2D eigenvalue weighted by atomic mass is 35.5. The van der Waals surface area contributed by atoms with Crippen molar-refractivity contribution < 1.29 is 18.7 Å². The highest BCUT2D eigenvalue weighted by molar-refractivity contribution is 6.36. The van der Waals surface area contributed by atoms with Crippen molar-refractivity contribution in [3.8, 4) is 5.95 Å². The Labute approximate surface area is 150 Å². The number of ether oxygens (including phenoxy) is 2. The van der Waals surface area contributed by atoms with Crippen molar-refractivity contribution in [2.75, 3.05) is 32.2 Å². The van der Waals surface area contributed by atoms with Gasteiger partial charge in [-0.1, -0.05) is 17.7 Å². The van der Waals surface area contributed by atoms with E-state index in [0.717, 1.165) is 6.42 Å². The number of hydrogen-bond acceptors (Lipinski definition) is 6. The number of fused-ring (bicyclic) bond motifs is 1. The summed E-state index contributed by atoms with van der Waals surface area (Å²) in [6, 6.07) is 4.85. The topological polar surface area (TPSA) is 104 Å². The van der Waals surface area contributed by atoms with Crippen molar-refractivity contribution >= 4 is 34.0 Å². The van der Waals surface area contributed by atoms with Gasteiger partial charge in [0.2, 0.25) is 5.91 Å². The third-order valence-electron chi connectivity index (χ3n) is 3.50. The summed E-state index contributed by atoms with van der Waals surface area (Å²) in [5.74, 6) is -0.183. The van der Waals surface area contributed by atoms with E-state index in [-0.39, 0.29) is 28.9 Å². The van der Waals surface area contributed by atoms with E-state index in [1.165, 1.54) is 13.2 Å². The van der Waals surface area contributed by atoms with E-state index in [1.807, 2.05) is 0 Å². The molecule has 0 fully saturated rings. The fourth-order valence-electron chi connectivity index (χ4n) is 2.24. The van der Waals surface area contributed by atoms with Crippen molar-refractivity contribution in [1.82, 2.24) is 0 Å². The van der Waals surface area contributed by atoms with Crippen molar-refractivity contribution in [3.05, 3.63) is 33.6 Å². The molecular weight excluding hydrogens is 348 g/mol. The molecule has 0 bridgehead atoms. The van der Waals surface area contributed by atoms with Gasteiger partial charge in [0.1, 0.15) is 11.6 Å². The van der Waals surface area contributed by atoms with Gasteiger partial charge in [0, 0.05) is 24.6 Å². The minimum atomic E-state index is -0.592. The molecule has 1 heterocycles. The third kappa shape index (κ3) is 5.19. The van der Waals surface area contributed by atoms with E-state index in [1.54, 1.807) is 12.1 Å². The van der Waals surface area contributed by atoms with Gasteiger partial charge in [0.05, 0.1) is 12.0 Å². The monoisotopic (exact) mass is 368 g/mol. The minimum Gasteiger partial charge on any atom is -0.462 e. The molecule has 136 valence electrons. The molecule has 0 saturated carbocycles. The lowest BCUT2D eigenvalue weighted by Crippen LogP contribution is -2.12. The molecule has 2 rings (SSSR count). The number of rotatable bonds is 9. The molecule has 2 aromatic rings. The number of halogens is 1. The Kier molecular flexibility index (Phi) is 7.24. The number of carbonyl (C=O) groups is 1. The van der Waals surface area contributed by atoms with Crippen LogP contribution in [0.3, 0.4) is 0 Å². The fraction of sp³-hybridized carbons (Fsp3) is 0.412. The van der Waals surface area contributed by atoms with Gasteiger partial charge in [-0.2, -0.15) is 0 Å². The van der Waals surface area contributed by atoms with Crippen LogP contribution in [0.15, 0.2) is 27.4 Å². The van der Waals surface area contributed by atoms with Crippen molar-refractivity contribution in [3.63, 3.8) is 0 Å². The molecule has 7 nitrogen and oxygen atoms in total. The van der Waals surface area contributed by atoms with E-state index in [0.29, 0.717) is 37.1 Å². The van der Waals surface area contributed by atoms with Crippen LogP contribution in [-0.4, -0.2) is 32.8 Å². The summed E-state index contributed by atoms with van der Waals surface area (Å²) < 4.78 is 15.3. The molecular formula is C17H21ClN2O5. The number of anilines is 1. The van der Waals surface area contributed by atoms with Crippen LogP contribution in [0.1, 0.15) is 19.3 Å². The second-order valence-electron chi connectivity index (χ2n) is 5.39. The molecule has 0 saturated heterocycles. The number of benzene rings is 1. The molecule has 3 N–H and O–H groups in total. The van der Waals surface area contributed by atoms with E-state index in [4.69, 9.17) is 31.2 Å². The maximum absolute atomic E-state index is 12.2. The van der Waals surface area contributed by atoms with Crippen LogP contribution >= 0.6 is 11.6 Å². The number of carbonyl (C=O) groups excluding carboxylic acids is 1. The Morgan fingerprint density at radius 1 is 1.28 bits per heavy atom. The van der Waals surface area contributed by atoms with Crippen molar-refractivity contribution in [2.24, 2.45) is 5.73 Å². The maximum atomic E-state index is 12.2. The second-order valence-corrected chi connectivity index (χ2v) is 5.76.